The summed E-state index contributed by atoms with van der Waals surface area (Å²) in [7, 11) is 0. The lowest BCUT2D eigenvalue weighted by molar-refractivity contribution is -0.138. The van der Waals surface area contributed by atoms with Crippen LogP contribution in [0.5, 0.6) is 0 Å². The molecule has 0 aliphatic rings. The lowest BCUT2D eigenvalue weighted by Crippen LogP contribution is -2.05. The van der Waals surface area contributed by atoms with Crippen LogP contribution in [0.1, 0.15) is 6.92 Å². The topological polar surface area (TPSA) is 71.2 Å². The number of rotatable bonds is 4. The van der Waals surface area contributed by atoms with E-state index < -0.39 is 5.97 Å². The number of halogens is 2. The maximum absolute atomic E-state index is 11.3. The number of aliphatic hydroxyl groups excluding tert-OH is 1. The maximum atomic E-state index is 11.3. The summed E-state index contributed by atoms with van der Waals surface area (Å²) in [6.45, 7) is 1.81. The van der Waals surface area contributed by atoms with E-state index in [1.807, 2.05) is 0 Å². The second kappa shape index (κ2) is 6.98. The van der Waals surface area contributed by atoms with Crippen LogP contribution >= 0.6 is 23.2 Å². The average Bonchev–Trinajstić information content (AvgIpc) is 2.32. The number of hydrogen-bond acceptors (Lipinski definition) is 5. The molecule has 7 heteroatoms. The molecule has 1 aromatic carbocycles. The Kier molecular flexibility index (Phi) is 5.61. The van der Waals surface area contributed by atoms with Crippen LogP contribution in [-0.4, -0.2) is 17.7 Å². The van der Waals surface area contributed by atoms with Crippen molar-refractivity contribution >= 4 is 34.9 Å². The SMILES string of the molecule is CCOC(=O)/C(=C\O)N=Nc1ccc(Cl)cc1Cl. The number of esters is 1. The van der Waals surface area contributed by atoms with E-state index in [9.17, 15) is 4.79 Å². The Bertz CT molecular complexity index is 501. The molecule has 1 N–H and O–H groups in total. The summed E-state index contributed by atoms with van der Waals surface area (Å²) in [5.74, 6) is -0.770. The highest BCUT2D eigenvalue weighted by Crippen LogP contribution is 2.28. The van der Waals surface area contributed by atoms with Crippen LogP contribution in [0.2, 0.25) is 10.0 Å². The third-order valence-corrected chi connectivity index (χ3v) is 2.32. The number of azo groups is 1. The molecule has 18 heavy (non-hydrogen) atoms. The van der Waals surface area contributed by atoms with Crippen molar-refractivity contribution < 1.29 is 14.6 Å². The molecule has 0 radical (unpaired) electrons. The van der Waals surface area contributed by atoms with Crippen LogP contribution in [-0.2, 0) is 9.53 Å². The molecule has 0 aromatic heterocycles. The van der Waals surface area contributed by atoms with Gasteiger partial charge in [-0.3, -0.25) is 0 Å². The van der Waals surface area contributed by atoms with E-state index in [1.165, 1.54) is 12.1 Å². The summed E-state index contributed by atoms with van der Waals surface area (Å²) in [5, 5.41) is 16.9. The molecule has 1 aromatic rings. The fraction of sp³-hybridized carbons (Fsp3) is 0.182. The summed E-state index contributed by atoms with van der Waals surface area (Å²) in [6.07, 6.45) is 0.519. The normalized spacial score (nSPS) is 11.8. The number of carbonyl (C=O) groups is 1. The number of hydrogen-bond donors (Lipinski definition) is 1. The maximum Gasteiger partial charge on any atom is 0.362 e. The van der Waals surface area contributed by atoms with Crippen molar-refractivity contribution in [3.05, 3.63) is 40.2 Å². The summed E-state index contributed by atoms with van der Waals surface area (Å²) in [4.78, 5) is 11.3. The van der Waals surface area contributed by atoms with E-state index in [2.05, 4.69) is 15.0 Å². The third-order valence-electron chi connectivity index (χ3n) is 1.78. The number of ether oxygens (including phenoxy) is 1. The second-order valence-electron chi connectivity index (χ2n) is 3.03. The van der Waals surface area contributed by atoms with Crippen LogP contribution in [0.15, 0.2) is 40.4 Å². The Morgan fingerprint density at radius 2 is 2.22 bits per heavy atom. The fourth-order valence-corrected chi connectivity index (χ4v) is 1.44. The van der Waals surface area contributed by atoms with Crippen molar-refractivity contribution in [1.29, 1.82) is 0 Å². The van der Waals surface area contributed by atoms with Crippen molar-refractivity contribution in [1.82, 2.24) is 0 Å². The predicted molar refractivity (Wildman–Crippen MR) is 68.3 cm³/mol. The van der Waals surface area contributed by atoms with Crippen LogP contribution in [0.25, 0.3) is 0 Å². The highest BCUT2D eigenvalue weighted by Gasteiger charge is 2.10. The number of nitrogens with zero attached hydrogens (tertiary/aromatic N) is 2. The first-order chi connectivity index (χ1) is 8.58. The summed E-state index contributed by atoms with van der Waals surface area (Å²) < 4.78 is 4.66. The van der Waals surface area contributed by atoms with Gasteiger partial charge in [0.25, 0.3) is 0 Å². The zero-order chi connectivity index (χ0) is 13.5. The quantitative estimate of drug-likeness (QED) is 0.393. The zero-order valence-electron chi connectivity index (χ0n) is 9.43. The molecule has 96 valence electrons. The Labute approximate surface area is 114 Å². The molecule has 5 nitrogen and oxygen atoms in total. The van der Waals surface area contributed by atoms with Gasteiger partial charge in [-0.05, 0) is 25.1 Å². The molecule has 0 aliphatic carbocycles. The number of carbonyl (C=O) groups excluding carboxylic acids is 1. The van der Waals surface area contributed by atoms with Crippen molar-refractivity contribution in [2.45, 2.75) is 6.92 Å². The van der Waals surface area contributed by atoms with E-state index in [4.69, 9.17) is 28.3 Å². The zero-order valence-corrected chi connectivity index (χ0v) is 10.9. The second-order valence-corrected chi connectivity index (χ2v) is 3.87. The smallest absolute Gasteiger partial charge is 0.362 e. The van der Waals surface area contributed by atoms with E-state index in [1.54, 1.807) is 13.0 Å². The van der Waals surface area contributed by atoms with Crippen LogP contribution in [0, 0.1) is 0 Å². The Hall–Kier alpha value is -1.59. The molecular formula is C11H10Cl2N2O3. The van der Waals surface area contributed by atoms with Gasteiger partial charge in [0.2, 0.25) is 5.70 Å². The minimum absolute atomic E-state index is 0.174. The molecule has 0 saturated carbocycles. The van der Waals surface area contributed by atoms with Gasteiger partial charge in [0.05, 0.1) is 11.6 Å². The average molecular weight is 289 g/mol. The Morgan fingerprint density at radius 1 is 1.50 bits per heavy atom. The van der Waals surface area contributed by atoms with Gasteiger partial charge in [0.15, 0.2) is 0 Å². The highest BCUT2D eigenvalue weighted by molar-refractivity contribution is 6.36. The minimum Gasteiger partial charge on any atom is -0.513 e. The van der Waals surface area contributed by atoms with Crippen LogP contribution in [0.4, 0.5) is 5.69 Å². The van der Waals surface area contributed by atoms with Gasteiger partial charge in [0.1, 0.15) is 11.9 Å². The van der Waals surface area contributed by atoms with Gasteiger partial charge in [-0.25, -0.2) is 4.79 Å². The highest BCUT2D eigenvalue weighted by atomic mass is 35.5. The minimum atomic E-state index is -0.770. The lowest BCUT2D eigenvalue weighted by Gasteiger charge is -2.00. The first-order valence-corrected chi connectivity index (χ1v) is 5.72. The largest absolute Gasteiger partial charge is 0.513 e. The summed E-state index contributed by atoms with van der Waals surface area (Å²) in [5.41, 5.74) is 0.00702. The molecule has 0 spiro atoms. The van der Waals surface area contributed by atoms with Gasteiger partial charge in [-0.1, -0.05) is 23.2 Å². The van der Waals surface area contributed by atoms with Crippen molar-refractivity contribution in [3.63, 3.8) is 0 Å². The summed E-state index contributed by atoms with van der Waals surface area (Å²) in [6, 6.07) is 4.60. The molecule has 1 rings (SSSR count). The molecule has 0 unspecified atom stereocenters. The molecular weight excluding hydrogens is 279 g/mol. The lowest BCUT2D eigenvalue weighted by atomic mass is 10.3. The standard InChI is InChI=1S/C11H10Cl2N2O3/c1-2-18-11(17)10(6-16)15-14-9-4-3-7(12)5-8(9)13/h3-6,16H,2H2,1H3/b10-6+,15-14?. The molecule has 0 bridgehead atoms. The molecule has 0 amide bonds. The predicted octanol–water partition coefficient (Wildman–Crippen LogP) is 4.04. The van der Waals surface area contributed by atoms with Crippen molar-refractivity contribution in [3.8, 4) is 0 Å². The van der Waals surface area contributed by atoms with E-state index in [0.29, 0.717) is 17.0 Å². The van der Waals surface area contributed by atoms with Gasteiger partial charge in [-0.2, -0.15) is 0 Å². The van der Waals surface area contributed by atoms with Gasteiger partial charge >= 0.3 is 5.97 Å². The van der Waals surface area contributed by atoms with Gasteiger partial charge in [0, 0.05) is 5.02 Å². The summed E-state index contributed by atoms with van der Waals surface area (Å²) >= 11 is 11.6. The Morgan fingerprint density at radius 3 is 2.78 bits per heavy atom. The molecule has 0 fully saturated rings. The van der Waals surface area contributed by atoms with E-state index in [-0.39, 0.29) is 17.3 Å². The fourth-order valence-electron chi connectivity index (χ4n) is 0.994. The Balaban J connectivity index is 2.88. The monoisotopic (exact) mass is 288 g/mol. The van der Waals surface area contributed by atoms with Gasteiger partial charge < -0.3 is 9.84 Å². The van der Waals surface area contributed by atoms with Crippen molar-refractivity contribution in [2.75, 3.05) is 6.61 Å². The first-order valence-electron chi connectivity index (χ1n) is 4.96. The van der Waals surface area contributed by atoms with Crippen LogP contribution < -0.4 is 0 Å². The van der Waals surface area contributed by atoms with Crippen molar-refractivity contribution in [2.24, 2.45) is 10.2 Å². The first kappa shape index (κ1) is 14.5. The van der Waals surface area contributed by atoms with Crippen LogP contribution in [0.3, 0.4) is 0 Å². The van der Waals surface area contributed by atoms with Gasteiger partial charge in [-0.15, -0.1) is 10.2 Å². The molecule has 0 aliphatic heterocycles. The molecule has 0 heterocycles. The third kappa shape index (κ3) is 4.01. The van der Waals surface area contributed by atoms with E-state index >= 15 is 0 Å². The van der Waals surface area contributed by atoms with E-state index in [0.717, 1.165) is 0 Å². The molecule has 0 saturated heterocycles. The number of aliphatic hydroxyl groups is 1. The molecule has 0 atom stereocenters. The number of benzene rings is 1.